The summed E-state index contributed by atoms with van der Waals surface area (Å²) in [5.41, 5.74) is 10.2. The number of hydrogen-bond donors (Lipinski definition) is 1. The topological polar surface area (TPSA) is 78.6 Å². The van der Waals surface area contributed by atoms with Crippen LogP contribution in [0.2, 0.25) is 20.1 Å². The van der Waals surface area contributed by atoms with E-state index in [9.17, 15) is 18.4 Å². The molecular weight excluding hydrogens is 702 g/mol. The fourth-order valence-corrected chi connectivity index (χ4v) is 6.38. The van der Waals surface area contributed by atoms with Gasteiger partial charge in [-0.3, -0.25) is 9.59 Å². The third kappa shape index (κ3) is 9.93. The molecule has 5 nitrogen and oxygen atoms in total. The molecule has 48 heavy (non-hydrogen) atoms. The molecule has 0 aliphatic heterocycles. The standard InChI is InChI=1S/C19H19Cl2FO2.C18H18Cl2FNO2/c1-4-24-17(23)9-11(2)14-10-13(8-12(3)19(14)22)18-15(20)6-5-7-16(18)21;1-3-24-16(23)9-15(22)12-8-11(7-10(2)18(12)21)17-13(19)5-4-6-14(17)20/h5-8,10-11H,4,9H2,1-3H3;4-8,15H,3,9,22H2,1-2H3/t11-;15-/m00/s1. The largest absolute Gasteiger partial charge is 0.466 e. The number of carbonyl (C=O) groups excluding carboxylic acids is 2. The van der Waals surface area contributed by atoms with Crippen LogP contribution in [0.3, 0.4) is 0 Å². The quantitative estimate of drug-likeness (QED) is 0.164. The van der Waals surface area contributed by atoms with Gasteiger partial charge in [0.05, 0.1) is 26.1 Å². The van der Waals surface area contributed by atoms with Crippen molar-refractivity contribution in [2.75, 3.05) is 13.2 Å². The Kier molecular flexibility index (Phi) is 14.7. The highest BCUT2D eigenvalue weighted by atomic mass is 35.5. The number of ether oxygens (including phenoxy) is 2. The molecule has 4 aromatic rings. The van der Waals surface area contributed by atoms with Crippen LogP contribution in [-0.4, -0.2) is 25.2 Å². The summed E-state index contributed by atoms with van der Waals surface area (Å²) in [4.78, 5) is 23.3. The summed E-state index contributed by atoms with van der Waals surface area (Å²) in [6, 6.07) is 16.2. The Morgan fingerprint density at radius 2 is 1.06 bits per heavy atom. The van der Waals surface area contributed by atoms with E-state index >= 15 is 0 Å². The molecule has 0 amide bonds. The minimum atomic E-state index is -0.816. The number of rotatable bonds is 10. The average molecular weight is 740 g/mol. The van der Waals surface area contributed by atoms with Gasteiger partial charge in [-0.05, 0) is 110 Å². The van der Waals surface area contributed by atoms with Crippen molar-refractivity contribution in [3.05, 3.63) is 115 Å². The van der Waals surface area contributed by atoms with E-state index in [1.54, 1.807) is 95.3 Å². The van der Waals surface area contributed by atoms with E-state index in [2.05, 4.69) is 0 Å². The third-order valence-corrected chi connectivity index (χ3v) is 8.73. The maximum absolute atomic E-state index is 14.6. The molecule has 0 unspecified atom stereocenters. The van der Waals surface area contributed by atoms with E-state index in [0.717, 1.165) is 5.56 Å². The summed E-state index contributed by atoms with van der Waals surface area (Å²) in [7, 11) is 0. The van der Waals surface area contributed by atoms with E-state index in [1.807, 2.05) is 0 Å². The van der Waals surface area contributed by atoms with Crippen LogP contribution in [0.1, 0.15) is 67.8 Å². The Labute approximate surface area is 300 Å². The maximum Gasteiger partial charge on any atom is 0.307 e. The van der Waals surface area contributed by atoms with E-state index in [0.29, 0.717) is 60.1 Å². The lowest BCUT2D eigenvalue weighted by atomic mass is 9.91. The van der Waals surface area contributed by atoms with Gasteiger partial charge in [-0.25, -0.2) is 8.78 Å². The lowest BCUT2D eigenvalue weighted by molar-refractivity contribution is -0.144. The second-order valence-electron chi connectivity index (χ2n) is 11.1. The zero-order chi connectivity index (χ0) is 35.7. The van der Waals surface area contributed by atoms with E-state index in [4.69, 9.17) is 61.6 Å². The van der Waals surface area contributed by atoms with Crippen LogP contribution in [0.15, 0.2) is 60.7 Å². The fraction of sp³-hybridized carbons (Fsp3) is 0.297. The molecule has 2 N–H and O–H groups in total. The Balaban J connectivity index is 0.000000260. The maximum atomic E-state index is 14.6. The van der Waals surface area contributed by atoms with Crippen molar-refractivity contribution in [3.63, 3.8) is 0 Å². The minimum absolute atomic E-state index is 0.107. The Bertz CT molecular complexity index is 1610. The van der Waals surface area contributed by atoms with Gasteiger partial charge in [0, 0.05) is 42.8 Å². The first-order valence-electron chi connectivity index (χ1n) is 15.3. The monoisotopic (exact) mass is 737 g/mol. The summed E-state index contributed by atoms with van der Waals surface area (Å²) in [5, 5.41) is 1.91. The number of nitrogens with two attached hydrogens (primary N) is 1. The molecule has 0 bridgehead atoms. The van der Waals surface area contributed by atoms with Crippen LogP contribution >= 0.6 is 46.4 Å². The molecule has 4 rings (SSSR count). The number of aryl methyl sites for hydroxylation is 2. The Hall–Kier alpha value is -3.20. The highest BCUT2D eigenvalue weighted by molar-refractivity contribution is 6.39. The van der Waals surface area contributed by atoms with E-state index < -0.39 is 17.8 Å². The van der Waals surface area contributed by atoms with Gasteiger partial charge in [0.15, 0.2) is 0 Å². The number of esters is 2. The summed E-state index contributed by atoms with van der Waals surface area (Å²) in [5.74, 6) is -1.90. The van der Waals surface area contributed by atoms with Crippen LogP contribution in [0, 0.1) is 25.5 Å². The summed E-state index contributed by atoms with van der Waals surface area (Å²) < 4.78 is 38.9. The molecule has 0 fully saturated rings. The van der Waals surface area contributed by atoms with E-state index in [-0.39, 0.29) is 42.7 Å². The summed E-state index contributed by atoms with van der Waals surface area (Å²) in [6.07, 6.45) is 0.00775. The van der Waals surface area contributed by atoms with Gasteiger partial charge in [-0.1, -0.05) is 65.5 Å². The first kappa shape index (κ1) is 39.2. The molecule has 0 heterocycles. The van der Waals surface area contributed by atoms with Crippen molar-refractivity contribution in [1.29, 1.82) is 0 Å². The van der Waals surface area contributed by atoms with Crippen LogP contribution in [0.4, 0.5) is 8.78 Å². The van der Waals surface area contributed by atoms with Gasteiger partial charge in [0.1, 0.15) is 11.6 Å². The first-order valence-corrected chi connectivity index (χ1v) is 16.8. The van der Waals surface area contributed by atoms with Crippen LogP contribution in [0.5, 0.6) is 0 Å². The Morgan fingerprint density at radius 3 is 1.48 bits per heavy atom. The second-order valence-corrected chi connectivity index (χ2v) is 12.7. The van der Waals surface area contributed by atoms with Gasteiger partial charge < -0.3 is 15.2 Å². The molecule has 0 aromatic heterocycles. The molecule has 2 atom stereocenters. The molecular formula is C37H37Cl4F2NO4. The van der Waals surface area contributed by atoms with Gasteiger partial charge >= 0.3 is 11.9 Å². The van der Waals surface area contributed by atoms with Crippen LogP contribution < -0.4 is 5.73 Å². The normalized spacial score (nSPS) is 12.1. The second kappa shape index (κ2) is 18.0. The van der Waals surface area contributed by atoms with Crippen LogP contribution in [0.25, 0.3) is 22.3 Å². The SMILES string of the molecule is CCOC(=O)C[C@H](C)c1cc(-c2c(Cl)cccc2Cl)cc(C)c1F.CCOC(=O)C[C@H](N)c1cc(-c2c(Cl)cccc2Cl)cc(C)c1F. The first-order chi connectivity index (χ1) is 22.7. The van der Waals surface area contributed by atoms with E-state index in [1.165, 1.54) is 0 Å². The molecule has 0 spiro atoms. The molecule has 0 aliphatic carbocycles. The van der Waals surface area contributed by atoms with Crippen molar-refractivity contribution in [1.82, 2.24) is 0 Å². The van der Waals surface area contributed by atoms with Gasteiger partial charge in [0.2, 0.25) is 0 Å². The molecule has 0 saturated carbocycles. The third-order valence-electron chi connectivity index (χ3n) is 7.47. The van der Waals surface area contributed by atoms with Gasteiger partial charge in [-0.15, -0.1) is 0 Å². The molecule has 0 aliphatic rings. The van der Waals surface area contributed by atoms with Crippen molar-refractivity contribution < 1.29 is 27.8 Å². The molecule has 11 heteroatoms. The van der Waals surface area contributed by atoms with Crippen LogP contribution in [-0.2, 0) is 19.1 Å². The average Bonchev–Trinajstić information content (AvgIpc) is 3.00. The molecule has 0 radical (unpaired) electrons. The molecule has 256 valence electrons. The molecule has 4 aromatic carbocycles. The zero-order valence-corrected chi connectivity index (χ0v) is 30.3. The molecule has 0 saturated heterocycles. The fourth-order valence-electron chi connectivity index (χ4n) is 5.15. The van der Waals surface area contributed by atoms with Crippen molar-refractivity contribution in [3.8, 4) is 22.3 Å². The number of halogens is 6. The summed E-state index contributed by atoms with van der Waals surface area (Å²) in [6.45, 7) is 9.12. The van der Waals surface area contributed by atoms with Crippen molar-refractivity contribution >= 4 is 58.3 Å². The summed E-state index contributed by atoms with van der Waals surface area (Å²) >= 11 is 25.0. The van der Waals surface area contributed by atoms with Crippen molar-refractivity contribution in [2.45, 2.75) is 59.4 Å². The lowest BCUT2D eigenvalue weighted by Gasteiger charge is -2.17. The number of benzene rings is 4. The Morgan fingerprint density at radius 1 is 0.688 bits per heavy atom. The van der Waals surface area contributed by atoms with Crippen molar-refractivity contribution in [2.24, 2.45) is 5.73 Å². The predicted molar refractivity (Wildman–Crippen MR) is 191 cm³/mol. The van der Waals surface area contributed by atoms with Gasteiger partial charge in [-0.2, -0.15) is 0 Å². The highest BCUT2D eigenvalue weighted by Crippen LogP contribution is 2.39. The van der Waals surface area contributed by atoms with Gasteiger partial charge in [0.25, 0.3) is 0 Å². The highest BCUT2D eigenvalue weighted by Gasteiger charge is 2.22. The predicted octanol–water partition coefficient (Wildman–Crippen LogP) is 11.2. The zero-order valence-electron chi connectivity index (χ0n) is 27.2. The number of hydrogen-bond acceptors (Lipinski definition) is 5. The minimum Gasteiger partial charge on any atom is -0.466 e. The lowest BCUT2D eigenvalue weighted by Crippen LogP contribution is -2.19. The smallest absolute Gasteiger partial charge is 0.307 e. The number of carbonyl (C=O) groups is 2.